The Labute approximate surface area is 170 Å². The van der Waals surface area contributed by atoms with Crippen LogP contribution in [-0.4, -0.2) is 14.3 Å². The van der Waals surface area contributed by atoms with Gasteiger partial charge in [0.05, 0.1) is 10.6 Å². The molecule has 1 aliphatic heterocycles. The molecule has 7 heteroatoms. The number of hydrogen-bond acceptors (Lipinski definition) is 4. The van der Waals surface area contributed by atoms with E-state index in [1.807, 2.05) is 31.2 Å². The average molecular weight is 462 g/mol. The molecule has 0 saturated heterocycles. The maximum absolute atomic E-state index is 13.1. The molecule has 1 amide bonds. The maximum Gasteiger partial charge on any atom is 0.225 e. The quantitative estimate of drug-likeness (QED) is 0.587. The van der Waals surface area contributed by atoms with E-state index in [1.165, 1.54) is 11.3 Å². The molecule has 4 nitrogen and oxygen atoms in total. The smallest absolute Gasteiger partial charge is 0.225 e. The number of aryl methyl sites for hydroxylation is 1. The van der Waals surface area contributed by atoms with Gasteiger partial charge in [-0.3, -0.25) is 4.79 Å². The Hall–Kier alpha value is -1.96. The summed E-state index contributed by atoms with van der Waals surface area (Å²) in [6.07, 6.45) is 0.300. The summed E-state index contributed by atoms with van der Waals surface area (Å²) in [5.74, 6) is -0.329. The van der Waals surface area contributed by atoms with Crippen molar-refractivity contribution < 1.29 is 13.2 Å². The van der Waals surface area contributed by atoms with Crippen molar-refractivity contribution in [1.82, 2.24) is 0 Å². The van der Waals surface area contributed by atoms with Gasteiger partial charge >= 0.3 is 0 Å². The number of halogens is 1. The highest BCUT2D eigenvalue weighted by atomic mass is 79.9. The number of fused-ring (bicyclic) bond motifs is 1. The van der Waals surface area contributed by atoms with Crippen LogP contribution >= 0.6 is 27.3 Å². The SMILES string of the molecule is Cc1ccc(S(=O)(=O)c2csc3c2NC(=O)C[C@@H]3c2cccc(Br)c2)cc1. The highest BCUT2D eigenvalue weighted by Gasteiger charge is 2.34. The Bertz CT molecular complexity index is 1130. The summed E-state index contributed by atoms with van der Waals surface area (Å²) < 4.78 is 27.2. The first-order valence-corrected chi connectivity index (χ1v) is 11.5. The van der Waals surface area contributed by atoms with E-state index in [2.05, 4.69) is 21.2 Å². The van der Waals surface area contributed by atoms with Crippen LogP contribution in [0.25, 0.3) is 0 Å². The van der Waals surface area contributed by atoms with Crippen molar-refractivity contribution in [3.63, 3.8) is 0 Å². The summed E-state index contributed by atoms with van der Waals surface area (Å²) in [6.45, 7) is 1.91. The molecule has 3 aromatic rings. The van der Waals surface area contributed by atoms with Gasteiger partial charge in [0.25, 0.3) is 0 Å². The molecule has 138 valence electrons. The van der Waals surface area contributed by atoms with Crippen LogP contribution < -0.4 is 5.32 Å². The predicted octanol–water partition coefficient (Wildman–Crippen LogP) is 5.13. The standard InChI is InChI=1S/C20H16BrNO3S2/c1-12-5-7-15(8-6-12)27(24,25)17-11-26-20-16(10-18(23)22-19(17)20)13-3-2-4-14(21)9-13/h2-9,11,16H,10H2,1H3,(H,22,23)/t16-/m1/s1. The minimum atomic E-state index is -3.70. The molecule has 0 radical (unpaired) electrons. The Kier molecular flexibility index (Phi) is 4.70. The highest BCUT2D eigenvalue weighted by molar-refractivity contribution is 9.10. The second kappa shape index (κ2) is 6.89. The van der Waals surface area contributed by atoms with Gasteiger partial charge in [-0.1, -0.05) is 45.8 Å². The molecule has 0 bridgehead atoms. The number of carbonyl (C=O) groups is 1. The largest absolute Gasteiger partial charge is 0.324 e. The third-order valence-electron chi connectivity index (χ3n) is 4.63. The van der Waals surface area contributed by atoms with Gasteiger partial charge in [0.1, 0.15) is 4.90 Å². The molecule has 0 aliphatic carbocycles. The first-order chi connectivity index (χ1) is 12.9. The fourth-order valence-electron chi connectivity index (χ4n) is 3.24. The number of sulfone groups is 1. The molecule has 1 N–H and O–H groups in total. The van der Waals surface area contributed by atoms with Crippen molar-refractivity contribution in [3.8, 4) is 0 Å². The topological polar surface area (TPSA) is 63.2 Å². The van der Waals surface area contributed by atoms with Gasteiger partial charge in [-0.2, -0.15) is 0 Å². The van der Waals surface area contributed by atoms with Gasteiger partial charge in [0, 0.05) is 27.1 Å². The second-order valence-electron chi connectivity index (χ2n) is 6.52. The van der Waals surface area contributed by atoms with Gasteiger partial charge in [0.15, 0.2) is 0 Å². The zero-order valence-corrected chi connectivity index (χ0v) is 17.6. The van der Waals surface area contributed by atoms with Gasteiger partial charge in [-0.05, 0) is 36.8 Å². The van der Waals surface area contributed by atoms with Crippen LogP contribution in [0.5, 0.6) is 0 Å². The monoisotopic (exact) mass is 461 g/mol. The summed E-state index contributed by atoms with van der Waals surface area (Å²) in [6, 6.07) is 14.5. The number of thiophene rings is 1. The Morgan fingerprint density at radius 3 is 2.59 bits per heavy atom. The summed E-state index contributed by atoms with van der Waals surface area (Å²) in [5.41, 5.74) is 2.40. The van der Waals surface area contributed by atoms with Crippen molar-refractivity contribution >= 4 is 48.7 Å². The number of anilines is 1. The van der Waals surface area contributed by atoms with Crippen molar-refractivity contribution in [2.75, 3.05) is 5.32 Å². The van der Waals surface area contributed by atoms with E-state index in [-0.39, 0.29) is 21.6 Å². The van der Waals surface area contributed by atoms with Gasteiger partial charge in [0.2, 0.25) is 15.7 Å². The highest BCUT2D eigenvalue weighted by Crippen LogP contribution is 2.46. The molecular formula is C20H16BrNO3S2. The van der Waals surface area contributed by atoms with Crippen LogP contribution in [0.4, 0.5) is 5.69 Å². The molecule has 0 fully saturated rings. The third kappa shape index (κ3) is 3.35. The minimum Gasteiger partial charge on any atom is -0.324 e. The first-order valence-electron chi connectivity index (χ1n) is 8.35. The van der Waals surface area contributed by atoms with E-state index in [0.29, 0.717) is 12.1 Å². The number of nitrogens with one attached hydrogen (secondary N) is 1. The summed E-state index contributed by atoms with van der Waals surface area (Å²) in [7, 11) is -3.70. The Morgan fingerprint density at radius 2 is 1.89 bits per heavy atom. The number of hydrogen-bond donors (Lipinski definition) is 1. The van der Waals surface area contributed by atoms with Crippen LogP contribution in [0.15, 0.2) is 68.2 Å². The van der Waals surface area contributed by atoms with Gasteiger partial charge < -0.3 is 5.32 Å². The lowest BCUT2D eigenvalue weighted by molar-refractivity contribution is -0.116. The fourth-order valence-corrected chi connectivity index (χ4v) is 6.56. The average Bonchev–Trinajstić information content (AvgIpc) is 3.06. The molecule has 1 aromatic heterocycles. The molecule has 2 aromatic carbocycles. The van der Waals surface area contributed by atoms with Crippen molar-refractivity contribution in [2.45, 2.75) is 29.1 Å². The minimum absolute atomic E-state index is 0.154. The lowest BCUT2D eigenvalue weighted by Gasteiger charge is -2.24. The molecule has 1 atom stereocenters. The zero-order valence-electron chi connectivity index (χ0n) is 14.4. The van der Waals surface area contributed by atoms with Crippen LogP contribution in [0.1, 0.15) is 28.3 Å². The van der Waals surface area contributed by atoms with E-state index in [9.17, 15) is 13.2 Å². The summed E-state index contributed by atoms with van der Waals surface area (Å²) in [4.78, 5) is 13.6. The van der Waals surface area contributed by atoms with Crippen LogP contribution in [0.3, 0.4) is 0 Å². The molecule has 0 spiro atoms. The summed E-state index contributed by atoms with van der Waals surface area (Å²) in [5, 5.41) is 4.43. The van der Waals surface area contributed by atoms with E-state index in [4.69, 9.17) is 0 Å². The van der Waals surface area contributed by atoms with Crippen molar-refractivity contribution in [3.05, 3.63) is 74.4 Å². The number of amides is 1. The molecule has 0 saturated carbocycles. The molecule has 0 unspecified atom stereocenters. The van der Waals surface area contributed by atoms with Crippen LogP contribution in [0.2, 0.25) is 0 Å². The van der Waals surface area contributed by atoms with E-state index in [1.54, 1.807) is 29.6 Å². The van der Waals surface area contributed by atoms with Crippen molar-refractivity contribution in [2.24, 2.45) is 0 Å². The van der Waals surface area contributed by atoms with E-state index < -0.39 is 9.84 Å². The lowest BCUT2D eigenvalue weighted by atomic mass is 9.91. The molecule has 2 heterocycles. The molecular weight excluding hydrogens is 446 g/mol. The van der Waals surface area contributed by atoms with Crippen LogP contribution in [-0.2, 0) is 14.6 Å². The summed E-state index contributed by atoms with van der Waals surface area (Å²) >= 11 is 4.84. The zero-order chi connectivity index (χ0) is 19.2. The van der Waals surface area contributed by atoms with Crippen molar-refractivity contribution in [1.29, 1.82) is 0 Å². The second-order valence-corrected chi connectivity index (χ2v) is 10.3. The molecule has 27 heavy (non-hydrogen) atoms. The molecule has 1 aliphatic rings. The maximum atomic E-state index is 13.1. The van der Waals surface area contributed by atoms with Crippen LogP contribution in [0, 0.1) is 6.92 Å². The van der Waals surface area contributed by atoms with E-state index >= 15 is 0 Å². The number of carbonyl (C=O) groups excluding carboxylic acids is 1. The number of rotatable bonds is 3. The Morgan fingerprint density at radius 1 is 1.15 bits per heavy atom. The van der Waals surface area contributed by atoms with Gasteiger partial charge in [-0.15, -0.1) is 11.3 Å². The normalized spacial score (nSPS) is 16.7. The van der Waals surface area contributed by atoms with E-state index in [0.717, 1.165) is 20.5 Å². The lowest BCUT2D eigenvalue weighted by Crippen LogP contribution is -2.23. The number of benzene rings is 2. The molecule has 4 rings (SSSR count). The van der Waals surface area contributed by atoms with Gasteiger partial charge in [-0.25, -0.2) is 8.42 Å². The fraction of sp³-hybridized carbons (Fsp3) is 0.150. The Balaban J connectivity index is 1.83. The third-order valence-corrected chi connectivity index (χ3v) is 8.16. The first kappa shape index (κ1) is 18.4. The predicted molar refractivity (Wildman–Crippen MR) is 110 cm³/mol.